The highest BCUT2D eigenvalue weighted by molar-refractivity contribution is 5.99. The number of ether oxygens (including phenoxy) is 3. The van der Waals surface area contributed by atoms with Crippen molar-refractivity contribution >= 4 is 17.7 Å². The van der Waals surface area contributed by atoms with Gasteiger partial charge in [-0.15, -0.1) is 0 Å². The molecule has 170 valence electrons. The first-order valence-corrected chi connectivity index (χ1v) is 10.6. The number of hydrogen-bond acceptors (Lipinski definition) is 6. The minimum atomic E-state index is -0.711. The van der Waals surface area contributed by atoms with Crippen molar-refractivity contribution in [2.45, 2.75) is 26.2 Å². The first kappa shape index (κ1) is 23.2. The van der Waals surface area contributed by atoms with E-state index in [0.29, 0.717) is 18.1 Å². The first-order valence-electron chi connectivity index (χ1n) is 10.6. The molecule has 1 amide bonds. The summed E-state index contributed by atoms with van der Waals surface area (Å²) in [7, 11) is 0. The maximum atomic E-state index is 13.0. The third kappa shape index (κ3) is 6.29. The van der Waals surface area contributed by atoms with Crippen molar-refractivity contribution in [3.63, 3.8) is 0 Å². The maximum Gasteiger partial charge on any atom is 0.338 e. The summed E-state index contributed by atoms with van der Waals surface area (Å²) in [6.45, 7) is 3.00. The highest BCUT2D eigenvalue weighted by atomic mass is 19.1. The van der Waals surface area contributed by atoms with Crippen LogP contribution in [0.5, 0.6) is 11.5 Å². The summed E-state index contributed by atoms with van der Waals surface area (Å²) < 4.78 is 29.3. The van der Waals surface area contributed by atoms with Gasteiger partial charge in [-0.05, 0) is 68.7 Å². The molecular weight excluding hydrogens is 417 g/mol. The van der Waals surface area contributed by atoms with Gasteiger partial charge in [0.15, 0.2) is 30.5 Å². The van der Waals surface area contributed by atoms with Crippen molar-refractivity contribution in [1.29, 1.82) is 0 Å². The molecule has 0 aromatic heterocycles. The molecule has 2 aromatic rings. The number of halogens is 1. The molecule has 0 N–H and O–H groups in total. The number of likely N-dealkylation sites (tertiary alicyclic amines) is 1. The average Bonchev–Trinajstić information content (AvgIpc) is 2.82. The molecule has 0 radical (unpaired) electrons. The second-order valence-corrected chi connectivity index (χ2v) is 7.33. The molecule has 7 nitrogen and oxygen atoms in total. The third-order valence-corrected chi connectivity index (χ3v) is 5.04. The van der Waals surface area contributed by atoms with Gasteiger partial charge >= 0.3 is 5.97 Å². The molecule has 2 aromatic carbocycles. The van der Waals surface area contributed by atoms with Crippen LogP contribution in [-0.2, 0) is 9.53 Å². The topological polar surface area (TPSA) is 82.1 Å². The molecule has 0 spiro atoms. The predicted octanol–water partition coefficient (Wildman–Crippen LogP) is 3.66. The van der Waals surface area contributed by atoms with Crippen molar-refractivity contribution in [2.75, 3.05) is 32.9 Å². The van der Waals surface area contributed by atoms with Crippen molar-refractivity contribution < 1.29 is 33.0 Å². The molecule has 0 atom stereocenters. The number of rotatable bonds is 9. The molecule has 3 rings (SSSR count). The number of piperidine rings is 1. The molecule has 32 heavy (non-hydrogen) atoms. The SMILES string of the molecule is CCOc1cc(C(=O)OCC(=O)c2ccc(F)cc2)ccc1OCC(=O)N1CCCCC1. The summed E-state index contributed by atoms with van der Waals surface area (Å²) in [6.07, 6.45) is 3.12. The van der Waals surface area contributed by atoms with Gasteiger partial charge in [0.2, 0.25) is 0 Å². The lowest BCUT2D eigenvalue weighted by Crippen LogP contribution is -2.38. The van der Waals surface area contributed by atoms with Crippen LogP contribution in [0, 0.1) is 5.82 Å². The summed E-state index contributed by atoms with van der Waals surface area (Å²) in [5.74, 6) is -1.05. The molecule has 0 bridgehead atoms. The minimum Gasteiger partial charge on any atom is -0.490 e. The fourth-order valence-corrected chi connectivity index (χ4v) is 3.33. The third-order valence-electron chi connectivity index (χ3n) is 5.04. The van der Waals surface area contributed by atoms with Crippen LogP contribution in [-0.4, -0.2) is 55.5 Å². The monoisotopic (exact) mass is 443 g/mol. The van der Waals surface area contributed by atoms with Gasteiger partial charge in [0.25, 0.3) is 5.91 Å². The number of nitrogens with zero attached hydrogens (tertiary/aromatic N) is 1. The zero-order valence-electron chi connectivity index (χ0n) is 18.0. The highest BCUT2D eigenvalue weighted by Crippen LogP contribution is 2.29. The smallest absolute Gasteiger partial charge is 0.338 e. The molecule has 1 aliphatic rings. The van der Waals surface area contributed by atoms with Crippen molar-refractivity contribution in [3.05, 3.63) is 59.4 Å². The average molecular weight is 443 g/mol. The summed E-state index contributed by atoms with van der Waals surface area (Å²) in [6, 6.07) is 9.46. The van der Waals surface area contributed by atoms with Gasteiger partial charge < -0.3 is 19.1 Å². The number of benzene rings is 2. The van der Waals surface area contributed by atoms with Crippen LogP contribution in [0.4, 0.5) is 4.39 Å². The summed E-state index contributed by atoms with van der Waals surface area (Å²) in [5, 5.41) is 0. The van der Waals surface area contributed by atoms with E-state index in [1.807, 2.05) is 0 Å². The number of esters is 1. The Balaban J connectivity index is 1.59. The lowest BCUT2D eigenvalue weighted by Gasteiger charge is -2.26. The fraction of sp³-hybridized carbons (Fsp3) is 0.375. The van der Waals surface area contributed by atoms with Crippen LogP contribution in [0.2, 0.25) is 0 Å². The van der Waals surface area contributed by atoms with E-state index in [0.717, 1.165) is 44.5 Å². The van der Waals surface area contributed by atoms with E-state index in [9.17, 15) is 18.8 Å². The van der Waals surface area contributed by atoms with Crippen LogP contribution >= 0.6 is 0 Å². The van der Waals surface area contributed by atoms with Gasteiger partial charge in [0, 0.05) is 18.7 Å². The standard InChI is InChI=1S/C24H26FNO6/c1-2-30-22-14-18(24(29)32-15-20(27)17-6-9-19(25)10-7-17)8-11-21(22)31-16-23(28)26-12-4-3-5-13-26/h6-11,14H,2-5,12-13,15-16H2,1H3. The summed E-state index contributed by atoms with van der Waals surface area (Å²) >= 11 is 0. The number of carbonyl (C=O) groups excluding carboxylic acids is 3. The lowest BCUT2D eigenvalue weighted by molar-refractivity contribution is -0.134. The van der Waals surface area contributed by atoms with Crippen molar-refractivity contribution in [1.82, 2.24) is 4.90 Å². The normalized spacial score (nSPS) is 13.4. The Labute approximate surface area is 186 Å². The van der Waals surface area contributed by atoms with E-state index < -0.39 is 24.2 Å². The van der Waals surface area contributed by atoms with E-state index in [1.165, 1.54) is 30.3 Å². The van der Waals surface area contributed by atoms with Gasteiger partial charge in [0.1, 0.15) is 5.82 Å². The summed E-state index contributed by atoms with van der Waals surface area (Å²) in [4.78, 5) is 38.6. The second kappa shape index (κ2) is 11.3. The second-order valence-electron chi connectivity index (χ2n) is 7.33. The molecule has 1 fully saturated rings. The van der Waals surface area contributed by atoms with Crippen LogP contribution in [0.15, 0.2) is 42.5 Å². The predicted molar refractivity (Wildman–Crippen MR) is 115 cm³/mol. The van der Waals surface area contributed by atoms with E-state index in [-0.39, 0.29) is 23.6 Å². The van der Waals surface area contributed by atoms with Crippen LogP contribution in [0.3, 0.4) is 0 Å². The van der Waals surface area contributed by atoms with E-state index >= 15 is 0 Å². The Bertz CT molecular complexity index is 953. The van der Waals surface area contributed by atoms with Gasteiger partial charge in [-0.3, -0.25) is 9.59 Å². The van der Waals surface area contributed by atoms with Crippen molar-refractivity contribution in [2.24, 2.45) is 0 Å². The van der Waals surface area contributed by atoms with Gasteiger partial charge in [-0.1, -0.05) is 0 Å². The van der Waals surface area contributed by atoms with Gasteiger partial charge in [-0.2, -0.15) is 0 Å². The number of amides is 1. The molecular formula is C24H26FNO6. The summed E-state index contributed by atoms with van der Waals surface area (Å²) in [5.41, 5.74) is 0.423. The Morgan fingerprint density at radius 3 is 2.25 bits per heavy atom. The first-order chi connectivity index (χ1) is 15.5. The van der Waals surface area contributed by atoms with Crippen LogP contribution in [0.25, 0.3) is 0 Å². The molecule has 1 aliphatic heterocycles. The van der Waals surface area contributed by atoms with E-state index in [4.69, 9.17) is 14.2 Å². The Hall–Kier alpha value is -3.42. The van der Waals surface area contributed by atoms with Crippen LogP contribution in [0.1, 0.15) is 46.9 Å². The molecule has 8 heteroatoms. The number of ketones is 1. The Kier molecular flexibility index (Phi) is 8.19. The zero-order valence-corrected chi connectivity index (χ0v) is 18.0. The number of hydrogen-bond donors (Lipinski definition) is 0. The minimum absolute atomic E-state index is 0.0880. The van der Waals surface area contributed by atoms with Crippen LogP contribution < -0.4 is 9.47 Å². The Morgan fingerprint density at radius 1 is 0.875 bits per heavy atom. The quantitative estimate of drug-likeness (QED) is 0.435. The molecule has 1 saturated heterocycles. The molecule has 0 saturated carbocycles. The molecule has 1 heterocycles. The van der Waals surface area contributed by atoms with Gasteiger partial charge in [0.05, 0.1) is 12.2 Å². The van der Waals surface area contributed by atoms with E-state index in [1.54, 1.807) is 11.8 Å². The van der Waals surface area contributed by atoms with E-state index in [2.05, 4.69) is 0 Å². The largest absolute Gasteiger partial charge is 0.490 e. The Morgan fingerprint density at radius 2 is 1.56 bits per heavy atom. The molecule has 0 unspecified atom stereocenters. The zero-order chi connectivity index (χ0) is 22.9. The maximum absolute atomic E-state index is 13.0. The lowest BCUT2D eigenvalue weighted by atomic mass is 10.1. The number of Topliss-reactive ketones (excluding diaryl/α,β-unsaturated/α-hetero) is 1. The number of carbonyl (C=O) groups is 3. The molecule has 0 aliphatic carbocycles. The van der Waals surface area contributed by atoms with Crippen molar-refractivity contribution in [3.8, 4) is 11.5 Å². The fourth-order valence-electron chi connectivity index (χ4n) is 3.33. The van der Waals surface area contributed by atoms with Gasteiger partial charge in [-0.25, -0.2) is 9.18 Å². The highest BCUT2D eigenvalue weighted by Gasteiger charge is 2.19.